The number of anilines is 2. The number of unbranched alkanes of at least 4 members (excludes halogenated alkanes) is 5. The van der Waals surface area contributed by atoms with Gasteiger partial charge >= 0.3 is 9.28 Å². The fourth-order valence-corrected chi connectivity index (χ4v) is 8.18. The molecule has 0 saturated carbocycles. The SMILES string of the molecule is CCO[Si](CCCCCCCC[Si]c1ccc(N2CCN(C)CC2)cc1N1CCN(C)CC1)OC(C)C. The number of hydrogen-bond donors (Lipinski definition) is 0. The van der Waals surface area contributed by atoms with Crippen LogP contribution in [-0.4, -0.2) is 108 Å². The van der Waals surface area contributed by atoms with Gasteiger partial charge < -0.3 is 28.5 Å². The Hall–Kier alpha value is -0.906. The fraction of sp³-hybridized carbons (Fsp3) is 0.793. The Balaban J connectivity index is 1.41. The Morgan fingerprint density at radius 3 is 2.03 bits per heavy atom. The quantitative estimate of drug-likeness (QED) is 0.228. The van der Waals surface area contributed by atoms with Crippen molar-refractivity contribution in [3.8, 4) is 0 Å². The van der Waals surface area contributed by atoms with Crippen molar-refractivity contribution in [3.63, 3.8) is 0 Å². The van der Waals surface area contributed by atoms with Crippen molar-refractivity contribution >= 4 is 35.4 Å². The second-order valence-electron chi connectivity index (χ2n) is 11.1. The van der Waals surface area contributed by atoms with Gasteiger partial charge in [-0.25, -0.2) is 0 Å². The molecule has 37 heavy (non-hydrogen) atoms. The first-order chi connectivity index (χ1) is 18.0. The molecule has 0 unspecified atom stereocenters. The van der Waals surface area contributed by atoms with Gasteiger partial charge in [0.2, 0.25) is 0 Å². The predicted octanol–water partition coefficient (Wildman–Crippen LogP) is 4.23. The lowest BCUT2D eigenvalue weighted by molar-refractivity contribution is 0.162. The molecule has 6 nitrogen and oxygen atoms in total. The predicted molar refractivity (Wildman–Crippen MR) is 162 cm³/mol. The molecule has 2 heterocycles. The van der Waals surface area contributed by atoms with Gasteiger partial charge in [-0.2, -0.15) is 0 Å². The monoisotopic (exact) mass is 545 g/mol. The van der Waals surface area contributed by atoms with Crippen LogP contribution in [0.4, 0.5) is 11.4 Å². The highest BCUT2D eigenvalue weighted by Crippen LogP contribution is 2.24. The molecule has 2 saturated heterocycles. The number of piperazine rings is 2. The highest BCUT2D eigenvalue weighted by Gasteiger charge is 2.20. The van der Waals surface area contributed by atoms with Crippen LogP contribution in [0.5, 0.6) is 0 Å². The maximum Gasteiger partial charge on any atom is 0.384 e. The maximum absolute atomic E-state index is 5.97. The van der Waals surface area contributed by atoms with Crippen molar-refractivity contribution in [1.82, 2.24) is 9.80 Å². The molecule has 8 heteroatoms. The second kappa shape index (κ2) is 16.9. The molecule has 0 aliphatic carbocycles. The van der Waals surface area contributed by atoms with E-state index in [4.69, 9.17) is 8.85 Å². The van der Waals surface area contributed by atoms with E-state index in [1.54, 1.807) is 5.19 Å². The number of rotatable bonds is 16. The van der Waals surface area contributed by atoms with Gasteiger partial charge in [0.1, 0.15) is 0 Å². The summed E-state index contributed by atoms with van der Waals surface area (Å²) in [5.41, 5.74) is 2.93. The molecule has 1 aromatic carbocycles. The minimum absolute atomic E-state index is 0.279. The summed E-state index contributed by atoms with van der Waals surface area (Å²) in [4.78, 5) is 10.1. The van der Waals surface area contributed by atoms with Crippen LogP contribution in [0.15, 0.2) is 18.2 Å². The zero-order valence-corrected chi connectivity index (χ0v) is 26.4. The van der Waals surface area contributed by atoms with Crippen LogP contribution in [0.3, 0.4) is 0 Å². The molecule has 0 atom stereocenters. The second-order valence-corrected chi connectivity index (χ2v) is 14.2. The summed E-state index contributed by atoms with van der Waals surface area (Å²) in [6, 6.07) is 9.82. The molecule has 0 spiro atoms. The van der Waals surface area contributed by atoms with Crippen LogP contribution in [-0.2, 0) is 8.85 Å². The lowest BCUT2D eigenvalue weighted by Crippen LogP contribution is -2.47. The van der Waals surface area contributed by atoms with E-state index in [1.807, 2.05) is 0 Å². The van der Waals surface area contributed by atoms with Gasteiger partial charge in [0, 0.05) is 76.4 Å². The highest BCUT2D eigenvalue weighted by molar-refractivity contribution is 6.55. The summed E-state index contributed by atoms with van der Waals surface area (Å²) in [5, 5.41) is 1.58. The lowest BCUT2D eigenvalue weighted by Gasteiger charge is -2.37. The number of nitrogens with zero attached hydrogens (tertiary/aromatic N) is 4. The normalized spacial score (nSPS) is 17.9. The summed E-state index contributed by atoms with van der Waals surface area (Å²) >= 11 is 0. The van der Waals surface area contributed by atoms with Crippen LogP contribution in [0, 0.1) is 0 Å². The first-order valence-electron chi connectivity index (χ1n) is 14.9. The molecule has 3 radical (unpaired) electrons. The molecular weight excluding hydrogens is 493 g/mol. The van der Waals surface area contributed by atoms with Crippen LogP contribution < -0.4 is 15.0 Å². The minimum atomic E-state index is -1.07. The average molecular weight is 546 g/mol. The molecular formula is C29H53N4O2Si2. The van der Waals surface area contributed by atoms with Crippen LogP contribution in [0.2, 0.25) is 12.1 Å². The van der Waals surface area contributed by atoms with Gasteiger partial charge in [-0.15, -0.1) is 0 Å². The Morgan fingerprint density at radius 2 is 1.41 bits per heavy atom. The summed E-state index contributed by atoms with van der Waals surface area (Å²) < 4.78 is 11.8. The molecule has 0 N–H and O–H groups in total. The van der Waals surface area contributed by atoms with Gasteiger partial charge in [0.25, 0.3) is 0 Å². The van der Waals surface area contributed by atoms with Gasteiger partial charge in [-0.1, -0.05) is 50.6 Å². The third-order valence-electron chi connectivity index (χ3n) is 7.49. The van der Waals surface area contributed by atoms with Crippen molar-refractivity contribution in [2.45, 2.75) is 77.5 Å². The van der Waals surface area contributed by atoms with Gasteiger partial charge in [-0.05, 0) is 58.2 Å². The van der Waals surface area contributed by atoms with Gasteiger partial charge in [0.15, 0.2) is 0 Å². The average Bonchev–Trinajstić information content (AvgIpc) is 2.88. The molecule has 2 aliphatic heterocycles. The molecule has 0 bridgehead atoms. The van der Waals surface area contributed by atoms with Crippen LogP contribution in [0.1, 0.15) is 59.3 Å². The Bertz CT molecular complexity index is 753. The topological polar surface area (TPSA) is 31.4 Å². The Kier molecular flexibility index (Phi) is 14.0. The van der Waals surface area contributed by atoms with Gasteiger partial charge in [-0.3, -0.25) is 0 Å². The standard InChI is InChI=1S/C29H53N4O2Si2/c1-6-34-37(35-26(2)3)24-12-10-8-7-9-11-23-36-29-14-13-27(32-19-15-30(4)16-20-32)25-28(29)33-21-17-31(5)18-22-33/h13-14,25-26H,6-12,15-24H2,1-5H3. The lowest BCUT2D eigenvalue weighted by atomic mass is 10.1. The van der Waals surface area contributed by atoms with Gasteiger partial charge in [0.05, 0.1) is 9.52 Å². The number of likely N-dealkylation sites (N-methyl/N-ethyl adjacent to an activating group) is 2. The fourth-order valence-electron chi connectivity index (χ4n) is 5.15. The number of hydrogen-bond acceptors (Lipinski definition) is 6. The van der Waals surface area contributed by atoms with Crippen molar-refractivity contribution in [2.75, 3.05) is 82.9 Å². The number of benzene rings is 1. The molecule has 2 fully saturated rings. The Labute approximate surface area is 232 Å². The van der Waals surface area contributed by atoms with E-state index in [2.05, 4.69) is 72.7 Å². The molecule has 1 aromatic rings. The van der Waals surface area contributed by atoms with Crippen molar-refractivity contribution in [3.05, 3.63) is 18.2 Å². The smallest absolute Gasteiger partial charge is 0.384 e. The maximum atomic E-state index is 5.97. The summed E-state index contributed by atoms with van der Waals surface area (Å²) in [6.45, 7) is 16.3. The van der Waals surface area contributed by atoms with Crippen molar-refractivity contribution < 1.29 is 8.85 Å². The van der Waals surface area contributed by atoms with Crippen molar-refractivity contribution in [2.24, 2.45) is 0 Å². The zero-order chi connectivity index (χ0) is 26.5. The van der Waals surface area contributed by atoms with E-state index >= 15 is 0 Å². The van der Waals surface area contributed by atoms with Crippen molar-refractivity contribution in [1.29, 1.82) is 0 Å². The first kappa shape index (κ1) is 30.6. The minimum Gasteiger partial charge on any atom is -0.394 e. The molecule has 2 aliphatic rings. The van der Waals surface area contributed by atoms with Crippen LogP contribution >= 0.6 is 0 Å². The summed E-state index contributed by atoms with van der Waals surface area (Å²) in [6.07, 6.45) is 8.26. The zero-order valence-electron chi connectivity index (χ0n) is 24.4. The third kappa shape index (κ3) is 11.0. The van der Waals surface area contributed by atoms with E-state index in [1.165, 1.54) is 55.9 Å². The molecule has 3 rings (SSSR count). The summed E-state index contributed by atoms with van der Waals surface area (Å²) in [7, 11) is 4.34. The van der Waals surface area contributed by atoms with E-state index in [0.29, 0.717) is 0 Å². The molecule has 0 amide bonds. The van der Waals surface area contributed by atoms with E-state index < -0.39 is 9.28 Å². The third-order valence-corrected chi connectivity index (χ3v) is 11.0. The molecule has 0 aromatic heterocycles. The first-order valence-corrected chi connectivity index (χ1v) is 17.6. The largest absolute Gasteiger partial charge is 0.394 e. The van der Waals surface area contributed by atoms with E-state index in [-0.39, 0.29) is 6.10 Å². The summed E-state index contributed by atoms with van der Waals surface area (Å²) in [5.74, 6) is 0. The van der Waals surface area contributed by atoms with Crippen LogP contribution in [0.25, 0.3) is 0 Å². The highest BCUT2D eigenvalue weighted by atomic mass is 28.3. The van der Waals surface area contributed by atoms with E-state index in [9.17, 15) is 0 Å². The molecule has 209 valence electrons. The Morgan fingerprint density at radius 1 is 0.811 bits per heavy atom. The van der Waals surface area contributed by atoms with E-state index in [0.717, 1.165) is 74.5 Å².